The van der Waals surface area contributed by atoms with E-state index in [4.69, 9.17) is 11.6 Å². The van der Waals surface area contributed by atoms with E-state index >= 15 is 0 Å². The van der Waals surface area contributed by atoms with E-state index in [1.165, 1.54) is 11.4 Å². The minimum absolute atomic E-state index is 0.344. The molecule has 0 saturated carbocycles. The van der Waals surface area contributed by atoms with E-state index < -0.39 is 10.0 Å². The summed E-state index contributed by atoms with van der Waals surface area (Å²) in [7, 11) is 0.157. The Hall–Kier alpha value is 0.160. The number of rotatable bonds is 6. The molecule has 0 bridgehead atoms. The Morgan fingerprint density at radius 1 is 1.50 bits per heavy atom. The Labute approximate surface area is 78.9 Å². The largest absolute Gasteiger partial charge is 0.320 e. The van der Waals surface area contributed by atoms with Crippen molar-refractivity contribution < 1.29 is 8.42 Å². The van der Waals surface area contributed by atoms with E-state index in [-0.39, 0.29) is 5.21 Å². The maximum absolute atomic E-state index is 11.1. The van der Waals surface area contributed by atoms with Gasteiger partial charge in [0.1, 0.15) is 5.21 Å². The monoisotopic (exact) mass is 214 g/mol. The lowest BCUT2D eigenvalue weighted by atomic mass is 10.4. The number of hydrogen-bond acceptors (Lipinski definition) is 3. The molecule has 0 aliphatic rings. The van der Waals surface area contributed by atoms with E-state index in [0.717, 1.165) is 13.0 Å². The summed E-state index contributed by atoms with van der Waals surface area (Å²) in [6.45, 7) is 1.32. The summed E-state index contributed by atoms with van der Waals surface area (Å²) in [6.07, 6.45) is 0.795. The lowest BCUT2D eigenvalue weighted by Gasteiger charge is -2.14. The SMILES string of the molecule is CNCCCN(C)S(=O)(=O)CCl. The zero-order valence-corrected chi connectivity index (χ0v) is 8.95. The van der Waals surface area contributed by atoms with E-state index in [1.807, 2.05) is 7.05 Å². The maximum Gasteiger partial charge on any atom is 0.227 e. The summed E-state index contributed by atoms with van der Waals surface area (Å²) in [4.78, 5) is 0. The van der Waals surface area contributed by atoms with Crippen molar-refractivity contribution in [2.45, 2.75) is 6.42 Å². The van der Waals surface area contributed by atoms with Crippen molar-refractivity contribution in [3.63, 3.8) is 0 Å². The first-order valence-electron chi connectivity index (χ1n) is 3.69. The van der Waals surface area contributed by atoms with Crippen molar-refractivity contribution >= 4 is 21.6 Å². The second-order valence-electron chi connectivity index (χ2n) is 2.50. The van der Waals surface area contributed by atoms with Gasteiger partial charge in [-0.05, 0) is 20.0 Å². The van der Waals surface area contributed by atoms with Gasteiger partial charge in [-0.1, -0.05) is 0 Å². The van der Waals surface area contributed by atoms with Crippen LogP contribution in [0, 0.1) is 0 Å². The molecular formula is C6H15ClN2O2S. The van der Waals surface area contributed by atoms with Crippen LogP contribution in [-0.2, 0) is 10.0 Å². The van der Waals surface area contributed by atoms with E-state index in [0.29, 0.717) is 6.54 Å². The van der Waals surface area contributed by atoms with Crippen LogP contribution in [0.5, 0.6) is 0 Å². The highest BCUT2D eigenvalue weighted by Crippen LogP contribution is 2.00. The number of nitrogens with one attached hydrogen (secondary N) is 1. The van der Waals surface area contributed by atoms with Crippen molar-refractivity contribution in [1.29, 1.82) is 0 Å². The molecule has 0 aromatic carbocycles. The summed E-state index contributed by atoms with van der Waals surface area (Å²) in [6, 6.07) is 0. The molecule has 0 saturated heterocycles. The first-order chi connectivity index (χ1) is 5.54. The molecule has 4 nitrogen and oxygen atoms in total. The summed E-state index contributed by atoms with van der Waals surface area (Å²) >= 11 is 5.26. The van der Waals surface area contributed by atoms with Gasteiger partial charge < -0.3 is 5.32 Å². The van der Waals surface area contributed by atoms with Gasteiger partial charge in [0.15, 0.2) is 0 Å². The van der Waals surface area contributed by atoms with Crippen LogP contribution in [0.3, 0.4) is 0 Å². The summed E-state index contributed by atoms with van der Waals surface area (Å²) in [5.74, 6) is 0. The van der Waals surface area contributed by atoms with Crippen molar-refractivity contribution in [3.8, 4) is 0 Å². The molecule has 0 atom stereocenters. The van der Waals surface area contributed by atoms with Crippen LogP contribution < -0.4 is 5.32 Å². The Morgan fingerprint density at radius 3 is 2.50 bits per heavy atom. The molecule has 0 aliphatic carbocycles. The second-order valence-corrected chi connectivity index (χ2v) is 5.16. The smallest absolute Gasteiger partial charge is 0.227 e. The van der Waals surface area contributed by atoms with Crippen LogP contribution in [0.4, 0.5) is 0 Å². The lowest BCUT2D eigenvalue weighted by Crippen LogP contribution is -2.30. The van der Waals surface area contributed by atoms with E-state index in [9.17, 15) is 8.42 Å². The van der Waals surface area contributed by atoms with Crippen LogP contribution in [-0.4, -0.2) is 45.1 Å². The average molecular weight is 215 g/mol. The van der Waals surface area contributed by atoms with E-state index in [1.54, 1.807) is 0 Å². The van der Waals surface area contributed by atoms with Gasteiger partial charge in [0, 0.05) is 13.6 Å². The fraction of sp³-hybridized carbons (Fsp3) is 1.00. The van der Waals surface area contributed by atoms with Crippen LogP contribution in [0.15, 0.2) is 0 Å². The Morgan fingerprint density at radius 2 is 2.08 bits per heavy atom. The number of nitrogens with zero attached hydrogens (tertiary/aromatic N) is 1. The van der Waals surface area contributed by atoms with Gasteiger partial charge in [0.25, 0.3) is 0 Å². The molecule has 0 spiro atoms. The standard InChI is InChI=1S/C6H15ClN2O2S/c1-8-4-3-5-9(2)12(10,11)6-7/h8H,3-6H2,1-2H3. The van der Waals surface area contributed by atoms with Gasteiger partial charge in [-0.15, -0.1) is 11.6 Å². The lowest BCUT2D eigenvalue weighted by molar-refractivity contribution is 0.461. The molecule has 0 aliphatic heterocycles. The Kier molecular flexibility index (Phi) is 5.82. The number of sulfonamides is 1. The fourth-order valence-electron chi connectivity index (χ4n) is 0.701. The van der Waals surface area contributed by atoms with Gasteiger partial charge in [0.05, 0.1) is 0 Å². The van der Waals surface area contributed by atoms with Gasteiger partial charge in [-0.2, -0.15) is 0 Å². The van der Waals surface area contributed by atoms with E-state index in [2.05, 4.69) is 5.32 Å². The highest BCUT2D eigenvalue weighted by atomic mass is 35.5. The van der Waals surface area contributed by atoms with Gasteiger partial charge in [-0.3, -0.25) is 0 Å². The van der Waals surface area contributed by atoms with Gasteiger partial charge in [-0.25, -0.2) is 12.7 Å². The van der Waals surface area contributed by atoms with Crippen molar-refractivity contribution in [3.05, 3.63) is 0 Å². The summed E-state index contributed by atoms with van der Waals surface area (Å²) in [5, 5.41) is 2.59. The van der Waals surface area contributed by atoms with Gasteiger partial charge in [0.2, 0.25) is 10.0 Å². The topological polar surface area (TPSA) is 49.4 Å². The zero-order valence-electron chi connectivity index (χ0n) is 7.38. The molecule has 0 rings (SSSR count). The predicted octanol–water partition coefficient (Wildman–Crippen LogP) is 0.0538. The molecule has 6 heteroatoms. The van der Waals surface area contributed by atoms with Crippen LogP contribution in [0.1, 0.15) is 6.42 Å². The highest BCUT2D eigenvalue weighted by Gasteiger charge is 2.14. The molecule has 0 unspecified atom stereocenters. The van der Waals surface area contributed by atoms with Gasteiger partial charge >= 0.3 is 0 Å². The summed E-state index contributed by atoms with van der Waals surface area (Å²) < 4.78 is 23.4. The predicted molar refractivity (Wildman–Crippen MR) is 50.8 cm³/mol. The number of hydrogen-bond donors (Lipinski definition) is 1. The quantitative estimate of drug-likeness (QED) is 0.502. The molecule has 12 heavy (non-hydrogen) atoms. The van der Waals surface area contributed by atoms with Crippen molar-refractivity contribution in [2.24, 2.45) is 0 Å². The Bertz CT molecular complexity index is 206. The third-order valence-corrected chi connectivity index (χ3v) is 3.75. The molecular weight excluding hydrogens is 200 g/mol. The van der Waals surface area contributed by atoms with Crippen LogP contribution in [0.25, 0.3) is 0 Å². The van der Waals surface area contributed by atoms with Crippen LogP contribution in [0.2, 0.25) is 0 Å². The molecule has 0 amide bonds. The molecule has 0 fully saturated rings. The molecule has 0 aromatic rings. The van der Waals surface area contributed by atoms with Crippen molar-refractivity contribution in [2.75, 3.05) is 32.4 Å². The van der Waals surface area contributed by atoms with Crippen LogP contribution >= 0.6 is 11.6 Å². The van der Waals surface area contributed by atoms with Crippen molar-refractivity contribution in [1.82, 2.24) is 9.62 Å². The maximum atomic E-state index is 11.1. The third-order valence-electron chi connectivity index (χ3n) is 1.51. The first-order valence-corrected chi connectivity index (χ1v) is 5.83. The molecule has 0 radical (unpaired) electrons. The molecule has 0 heterocycles. The third kappa shape index (κ3) is 4.25. The second kappa shape index (κ2) is 5.75. The fourth-order valence-corrected chi connectivity index (χ4v) is 1.77. The zero-order chi connectivity index (χ0) is 9.61. The normalized spacial score (nSPS) is 12.3. The highest BCUT2D eigenvalue weighted by molar-refractivity contribution is 7.90. The molecule has 1 N–H and O–H groups in total. The first kappa shape index (κ1) is 12.2. The molecule has 0 aromatic heterocycles. The number of halogens is 1. The average Bonchev–Trinajstić information content (AvgIpc) is 2.05. The Balaban J connectivity index is 3.80. The molecule has 74 valence electrons. The summed E-state index contributed by atoms with van der Waals surface area (Å²) in [5.41, 5.74) is 0. The minimum atomic E-state index is -3.21. The number of alkyl halides is 1. The minimum Gasteiger partial charge on any atom is -0.320 e.